The van der Waals surface area contributed by atoms with E-state index in [1.165, 1.54) is 5.56 Å². The van der Waals surface area contributed by atoms with Gasteiger partial charge in [0.15, 0.2) is 0 Å². The molecular weight excluding hydrogens is 330 g/mol. The largest absolute Gasteiger partial charge is 0.497 e. The summed E-state index contributed by atoms with van der Waals surface area (Å²) >= 11 is 0. The van der Waals surface area contributed by atoms with Gasteiger partial charge in [0.1, 0.15) is 11.5 Å². The predicted molar refractivity (Wildman–Crippen MR) is 101 cm³/mol. The molecule has 1 aromatic carbocycles. The molecule has 0 atom stereocenters. The van der Waals surface area contributed by atoms with Gasteiger partial charge in [-0.2, -0.15) is 0 Å². The highest BCUT2D eigenvalue weighted by Gasteiger charge is 2.06. The molecule has 0 saturated heterocycles. The van der Waals surface area contributed by atoms with Gasteiger partial charge >= 0.3 is 5.63 Å². The predicted octanol–water partition coefficient (Wildman–Crippen LogP) is 3.78. The van der Waals surface area contributed by atoms with Gasteiger partial charge in [-0.25, -0.2) is 4.79 Å². The number of hydrogen-bond acceptors (Lipinski definition) is 5. The summed E-state index contributed by atoms with van der Waals surface area (Å²) < 4.78 is 16.2. The van der Waals surface area contributed by atoms with Crippen LogP contribution in [0, 0.1) is 0 Å². The fraction of sp³-hybridized carbons (Fsp3) is 0.333. The van der Waals surface area contributed by atoms with Gasteiger partial charge in [0.2, 0.25) is 0 Å². The fourth-order valence-electron chi connectivity index (χ4n) is 2.84. The van der Waals surface area contributed by atoms with Gasteiger partial charge in [0.25, 0.3) is 0 Å². The van der Waals surface area contributed by atoms with Crippen molar-refractivity contribution in [1.82, 2.24) is 4.98 Å². The summed E-state index contributed by atoms with van der Waals surface area (Å²) in [5.41, 5.74) is 0.902. The molecule has 0 unspecified atom stereocenters. The van der Waals surface area contributed by atoms with Crippen LogP contribution in [0.2, 0.25) is 0 Å². The average molecular weight is 353 g/mol. The van der Waals surface area contributed by atoms with E-state index in [2.05, 4.69) is 11.1 Å². The van der Waals surface area contributed by atoms with Crippen molar-refractivity contribution in [2.75, 3.05) is 20.3 Å². The van der Waals surface area contributed by atoms with Gasteiger partial charge in [-0.15, -0.1) is 0 Å². The molecule has 0 fully saturated rings. The number of methoxy groups -OCH3 is 1. The molecule has 0 bridgehead atoms. The van der Waals surface area contributed by atoms with E-state index in [-0.39, 0.29) is 5.63 Å². The molecule has 0 aliphatic rings. The molecule has 0 spiro atoms. The number of ether oxygens (including phenoxy) is 2. The maximum absolute atomic E-state index is 12.1. The van der Waals surface area contributed by atoms with Gasteiger partial charge in [0.05, 0.1) is 12.5 Å². The van der Waals surface area contributed by atoms with E-state index >= 15 is 0 Å². The average Bonchev–Trinajstić information content (AvgIpc) is 2.68. The van der Waals surface area contributed by atoms with Crippen molar-refractivity contribution in [3.63, 3.8) is 0 Å². The van der Waals surface area contributed by atoms with Crippen molar-refractivity contribution in [2.45, 2.75) is 25.7 Å². The Kier molecular flexibility index (Phi) is 6.39. The molecule has 0 N–H and O–H groups in total. The Bertz CT molecular complexity index is 889. The SMILES string of the molecule is COc1ccc2cc(CCCOCCCc3cccnc3)oc(=O)c2c1. The van der Waals surface area contributed by atoms with E-state index in [1.54, 1.807) is 19.4 Å². The number of aryl methyl sites for hydroxylation is 2. The maximum Gasteiger partial charge on any atom is 0.343 e. The molecule has 3 aromatic rings. The third kappa shape index (κ3) is 4.92. The number of rotatable bonds is 9. The number of nitrogens with zero attached hydrogens (tertiary/aromatic N) is 1. The highest BCUT2D eigenvalue weighted by Crippen LogP contribution is 2.19. The number of pyridine rings is 1. The molecule has 2 heterocycles. The van der Waals surface area contributed by atoms with Crippen molar-refractivity contribution < 1.29 is 13.9 Å². The van der Waals surface area contributed by atoms with Crippen LogP contribution in [0.3, 0.4) is 0 Å². The lowest BCUT2D eigenvalue weighted by molar-refractivity contribution is 0.128. The van der Waals surface area contributed by atoms with Crippen LogP contribution in [-0.4, -0.2) is 25.3 Å². The summed E-state index contributed by atoms with van der Waals surface area (Å²) in [6, 6.07) is 11.4. The highest BCUT2D eigenvalue weighted by atomic mass is 16.5. The van der Waals surface area contributed by atoms with Crippen LogP contribution >= 0.6 is 0 Å². The summed E-state index contributed by atoms with van der Waals surface area (Å²) in [7, 11) is 1.58. The van der Waals surface area contributed by atoms with Gasteiger partial charge < -0.3 is 13.9 Å². The smallest absolute Gasteiger partial charge is 0.343 e. The van der Waals surface area contributed by atoms with E-state index in [0.717, 1.165) is 31.3 Å². The lowest BCUT2D eigenvalue weighted by Gasteiger charge is -2.06. The Morgan fingerprint density at radius 2 is 1.92 bits per heavy atom. The van der Waals surface area contributed by atoms with Crippen LogP contribution in [0.4, 0.5) is 0 Å². The molecule has 0 amide bonds. The first-order valence-corrected chi connectivity index (χ1v) is 8.84. The fourth-order valence-corrected chi connectivity index (χ4v) is 2.84. The molecule has 0 aliphatic heterocycles. The molecule has 26 heavy (non-hydrogen) atoms. The summed E-state index contributed by atoms with van der Waals surface area (Å²) in [5.74, 6) is 1.34. The standard InChI is InChI=1S/C21H23NO4/c1-24-18-9-8-17-13-19(26-21(23)20(17)14-18)7-4-12-25-11-3-6-16-5-2-10-22-15-16/h2,5,8-10,13-15H,3-4,6-7,11-12H2,1H3. The zero-order valence-corrected chi connectivity index (χ0v) is 14.9. The summed E-state index contributed by atoms with van der Waals surface area (Å²) in [6.07, 6.45) is 7.10. The Morgan fingerprint density at radius 1 is 1.08 bits per heavy atom. The van der Waals surface area contributed by atoms with Gasteiger partial charge in [-0.1, -0.05) is 12.1 Å². The molecule has 136 valence electrons. The first kappa shape index (κ1) is 18.1. The van der Waals surface area contributed by atoms with Crippen LogP contribution in [0.1, 0.15) is 24.2 Å². The second kappa shape index (κ2) is 9.15. The van der Waals surface area contributed by atoms with Gasteiger partial charge in [-0.3, -0.25) is 4.98 Å². The molecule has 5 heteroatoms. The molecule has 0 radical (unpaired) electrons. The normalized spacial score (nSPS) is 11.0. The highest BCUT2D eigenvalue weighted by molar-refractivity contribution is 5.82. The number of hydrogen-bond donors (Lipinski definition) is 0. The van der Waals surface area contributed by atoms with Crippen LogP contribution in [-0.2, 0) is 17.6 Å². The van der Waals surface area contributed by atoms with Crippen molar-refractivity contribution >= 4 is 10.8 Å². The summed E-state index contributed by atoms with van der Waals surface area (Å²) in [6.45, 7) is 1.37. The molecular formula is C21H23NO4. The first-order valence-electron chi connectivity index (χ1n) is 8.84. The monoisotopic (exact) mass is 353 g/mol. The van der Waals surface area contributed by atoms with E-state index in [9.17, 15) is 4.79 Å². The van der Waals surface area contributed by atoms with E-state index in [1.807, 2.05) is 30.5 Å². The molecule has 5 nitrogen and oxygen atoms in total. The van der Waals surface area contributed by atoms with Gasteiger partial charge in [0, 0.05) is 32.0 Å². The van der Waals surface area contributed by atoms with E-state index in [4.69, 9.17) is 13.9 Å². The lowest BCUT2D eigenvalue weighted by Crippen LogP contribution is -2.04. The minimum atomic E-state index is -0.325. The van der Waals surface area contributed by atoms with E-state index in [0.29, 0.717) is 29.9 Å². The quantitative estimate of drug-likeness (QED) is 0.548. The van der Waals surface area contributed by atoms with Crippen molar-refractivity contribution in [2.24, 2.45) is 0 Å². The first-order chi connectivity index (χ1) is 12.8. The van der Waals surface area contributed by atoms with Crippen LogP contribution in [0.25, 0.3) is 10.8 Å². The van der Waals surface area contributed by atoms with Crippen LogP contribution < -0.4 is 10.4 Å². The number of fused-ring (bicyclic) bond motifs is 1. The lowest BCUT2D eigenvalue weighted by atomic mass is 10.1. The number of aromatic nitrogens is 1. The van der Waals surface area contributed by atoms with Crippen molar-refractivity contribution in [1.29, 1.82) is 0 Å². The topological polar surface area (TPSA) is 61.6 Å². The minimum absolute atomic E-state index is 0.325. The Morgan fingerprint density at radius 3 is 2.69 bits per heavy atom. The second-order valence-electron chi connectivity index (χ2n) is 6.13. The third-order valence-electron chi connectivity index (χ3n) is 4.21. The zero-order chi connectivity index (χ0) is 18.2. The molecule has 0 aliphatic carbocycles. The van der Waals surface area contributed by atoms with E-state index < -0.39 is 0 Å². The Balaban J connectivity index is 1.43. The second-order valence-corrected chi connectivity index (χ2v) is 6.13. The van der Waals surface area contributed by atoms with Crippen molar-refractivity contribution in [3.8, 4) is 5.75 Å². The van der Waals surface area contributed by atoms with Crippen LogP contribution in [0.5, 0.6) is 5.75 Å². The summed E-state index contributed by atoms with van der Waals surface area (Å²) in [5, 5.41) is 1.41. The minimum Gasteiger partial charge on any atom is -0.497 e. The number of benzene rings is 1. The Labute approximate surface area is 152 Å². The Hall–Kier alpha value is -2.66. The third-order valence-corrected chi connectivity index (χ3v) is 4.21. The zero-order valence-electron chi connectivity index (χ0n) is 14.9. The maximum atomic E-state index is 12.1. The molecule has 0 saturated carbocycles. The van der Waals surface area contributed by atoms with Crippen LogP contribution in [0.15, 0.2) is 58.0 Å². The molecule has 2 aromatic heterocycles. The summed E-state index contributed by atoms with van der Waals surface area (Å²) in [4.78, 5) is 16.2. The van der Waals surface area contributed by atoms with Gasteiger partial charge in [-0.05, 0) is 54.5 Å². The molecule has 3 rings (SSSR count). The van der Waals surface area contributed by atoms with Crippen molar-refractivity contribution in [3.05, 3.63) is 70.5 Å².